The summed E-state index contributed by atoms with van der Waals surface area (Å²) in [6.45, 7) is 3.58. The predicted octanol–water partition coefficient (Wildman–Crippen LogP) is 0.181. The van der Waals surface area contributed by atoms with E-state index in [0.29, 0.717) is 5.56 Å². The second-order valence-corrected chi connectivity index (χ2v) is 4.11. The number of rotatable bonds is 3. The monoisotopic (exact) mass is 235 g/mol. The van der Waals surface area contributed by atoms with Gasteiger partial charge in [-0.15, -0.1) is 0 Å². The molecule has 1 aromatic carbocycles. The van der Waals surface area contributed by atoms with Crippen LogP contribution in [-0.4, -0.2) is 37.3 Å². The number of hydrogen-bond donors (Lipinski definition) is 3. The van der Waals surface area contributed by atoms with Gasteiger partial charge in [0.2, 0.25) is 0 Å². The molecule has 5 heteroatoms. The van der Waals surface area contributed by atoms with E-state index < -0.39 is 12.0 Å². The normalized spacial score (nSPS) is 17.8. The van der Waals surface area contributed by atoms with E-state index in [4.69, 9.17) is 10.8 Å². The lowest BCUT2D eigenvalue weighted by atomic mass is 10.0. The number of piperazine rings is 1. The first kappa shape index (κ1) is 11.9. The SMILES string of the molecule is N[C@H](C(=O)O)c1ccccc1N1CCNCC1. The summed E-state index contributed by atoms with van der Waals surface area (Å²) in [7, 11) is 0. The topological polar surface area (TPSA) is 78.6 Å². The van der Waals surface area contributed by atoms with Crippen LogP contribution in [0.5, 0.6) is 0 Å². The summed E-state index contributed by atoms with van der Waals surface area (Å²) in [5, 5.41) is 12.3. The second-order valence-electron chi connectivity index (χ2n) is 4.11. The third-order valence-electron chi connectivity index (χ3n) is 3.00. The van der Waals surface area contributed by atoms with Crippen LogP contribution in [0.3, 0.4) is 0 Å². The number of carboxylic acids is 1. The van der Waals surface area contributed by atoms with Crippen molar-refractivity contribution >= 4 is 11.7 Å². The van der Waals surface area contributed by atoms with Gasteiger partial charge in [-0.1, -0.05) is 18.2 Å². The largest absolute Gasteiger partial charge is 0.480 e. The highest BCUT2D eigenvalue weighted by molar-refractivity contribution is 5.78. The van der Waals surface area contributed by atoms with E-state index in [1.807, 2.05) is 18.2 Å². The van der Waals surface area contributed by atoms with Crippen molar-refractivity contribution in [2.45, 2.75) is 6.04 Å². The smallest absolute Gasteiger partial charge is 0.325 e. The molecule has 1 saturated heterocycles. The summed E-state index contributed by atoms with van der Waals surface area (Å²) >= 11 is 0. The van der Waals surface area contributed by atoms with Crippen LogP contribution in [0.2, 0.25) is 0 Å². The molecule has 0 radical (unpaired) electrons. The van der Waals surface area contributed by atoms with E-state index in [-0.39, 0.29) is 0 Å². The van der Waals surface area contributed by atoms with Gasteiger partial charge in [0.15, 0.2) is 0 Å². The van der Waals surface area contributed by atoms with E-state index >= 15 is 0 Å². The summed E-state index contributed by atoms with van der Waals surface area (Å²) in [6, 6.07) is 6.50. The minimum atomic E-state index is -0.993. The van der Waals surface area contributed by atoms with Crippen molar-refractivity contribution in [1.29, 1.82) is 0 Å². The van der Waals surface area contributed by atoms with Crippen LogP contribution in [0.1, 0.15) is 11.6 Å². The summed E-state index contributed by atoms with van der Waals surface area (Å²) in [4.78, 5) is 13.2. The Labute approximate surface area is 100 Å². The highest BCUT2D eigenvalue weighted by Crippen LogP contribution is 2.25. The molecule has 4 N–H and O–H groups in total. The first-order chi connectivity index (χ1) is 8.20. The quantitative estimate of drug-likeness (QED) is 0.696. The molecule has 17 heavy (non-hydrogen) atoms. The lowest BCUT2D eigenvalue weighted by molar-refractivity contribution is -0.138. The number of carbonyl (C=O) groups is 1. The molecule has 92 valence electrons. The number of nitrogens with one attached hydrogen (secondary N) is 1. The number of anilines is 1. The number of para-hydroxylation sites is 1. The van der Waals surface area contributed by atoms with Crippen LogP contribution in [0.25, 0.3) is 0 Å². The fourth-order valence-corrected chi connectivity index (χ4v) is 2.08. The van der Waals surface area contributed by atoms with E-state index in [0.717, 1.165) is 31.9 Å². The zero-order valence-electron chi connectivity index (χ0n) is 9.60. The van der Waals surface area contributed by atoms with Crippen molar-refractivity contribution in [3.05, 3.63) is 29.8 Å². The lowest BCUT2D eigenvalue weighted by Crippen LogP contribution is -2.44. The molecule has 0 amide bonds. The standard InChI is InChI=1S/C12H17N3O2/c13-11(12(16)17)9-3-1-2-4-10(9)15-7-5-14-6-8-15/h1-4,11,14H,5-8,13H2,(H,16,17)/t11-/m0/s1. The molecule has 0 aromatic heterocycles. The van der Waals surface area contributed by atoms with Crippen LogP contribution in [0, 0.1) is 0 Å². The molecule has 1 aliphatic heterocycles. The predicted molar refractivity (Wildman–Crippen MR) is 66.1 cm³/mol. The van der Waals surface area contributed by atoms with Crippen molar-refractivity contribution < 1.29 is 9.90 Å². The second kappa shape index (κ2) is 5.16. The maximum atomic E-state index is 11.0. The Bertz CT molecular complexity index is 402. The summed E-state index contributed by atoms with van der Waals surface area (Å²) in [5.74, 6) is -0.993. The molecule has 0 saturated carbocycles. The van der Waals surface area contributed by atoms with Crippen LogP contribution >= 0.6 is 0 Å². The summed E-state index contributed by atoms with van der Waals surface area (Å²) in [5.41, 5.74) is 7.32. The van der Waals surface area contributed by atoms with E-state index in [9.17, 15) is 4.79 Å². The average molecular weight is 235 g/mol. The van der Waals surface area contributed by atoms with Crippen molar-refractivity contribution in [2.75, 3.05) is 31.1 Å². The van der Waals surface area contributed by atoms with Gasteiger partial charge < -0.3 is 21.1 Å². The van der Waals surface area contributed by atoms with Gasteiger partial charge in [0.1, 0.15) is 6.04 Å². The Kier molecular flexibility index (Phi) is 3.61. The summed E-state index contributed by atoms with van der Waals surface area (Å²) < 4.78 is 0. The fourth-order valence-electron chi connectivity index (χ4n) is 2.08. The molecule has 5 nitrogen and oxygen atoms in total. The molecular formula is C12H17N3O2. The van der Waals surface area contributed by atoms with E-state index in [2.05, 4.69) is 10.2 Å². The van der Waals surface area contributed by atoms with Gasteiger partial charge >= 0.3 is 5.97 Å². The van der Waals surface area contributed by atoms with Gasteiger partial charge in [-0.25, -0.2) is 0 Å². The van der Waals surface area contributed by atoms with Gasteiger partial charge in [-0.3, -0.25) is 4.79 Å². The number of nitrogens with zero attached hydrogens (tertiary/aromatic N) is 1. The number of aliphatic carboxylic acids is 1. The average Bonchev–Trinajstić information content (AvgIpc) is 2.39. The van der Waals surface area contributed by atoms with Crippen molar-refractivity contribution in [3.63, 3.8) is 0 Å². The van der Waals surface area contributed by atoms with Crippen LogP contribution in [0.4, 0.5) is 5.69 Å². The molecule has 1 heterocycles. The molecule has 1 aliphatic rings. The van der Waals surface area contributed by atoms with Crippen molar-refractivity contribution in [1.82, 2.24) is 5.32 Å². The third-order valence-corrected chi connectivity index (χ3v) is 3.00. The van der Waals surface area contributed by atoms with Gasteiger partial charge in [-0.2, -0.15) is 0 Å². The Balaban J connectivity index is 2.29. The fraction of sp³-hybridized carbons (Fsp3) is 0.417. The van der Waals surface area contributed by atoms with Crippen LogP contribution < -0.4 is 16.0 Å². The molecule has 2 rings (SSSR count). The number of benzene rings is 1. The molecule has 0 spiro atoms. The van der Waals surface area contributed by atoms with Crippen molar-refractivity contribution in [2.24, 2.45) is 5.73 Å². The Morgan fingerprint density at radius 1 is 1.35 bits per heavy atom. The van der Waals surface area contributed by atoms with Gasteiger partial charge in [-0.05, 0) is 6.07 Å². The zero-order valence-corrected chi connectivity index (χ0v) is 9.60. The first-order valence-electron chi connectivity index (χ1n) is 5.73. The lowest BCUT2D eigenvalue weighted by Gasteiger charge is -2.31. The highest BCUT2D eigenvalue weighted by Gasteiger charge is 2.21. The third kappa shape index (κ3) is 2.57. The van der Waals surface area contributed by atoms with E-state index in [1.165, 1.54) is 0 Å². The zero-order chi connectivity index (χ0) is 12.3. The maximum Gasteiger partial charge on any atom is 0.325 e. The number of nitrogens with two attached hydrogens (primary N) is 1. The molecule has 1 atom stereocenters. The van der Waals surface area contributed by atoms with E-state index in [1.54, 1.807) is 6.07 Å². The molecule has 1 aromatic rings. The van der Waals surface area contributed by atoms with Crippen molar-refractivity contribution in [3.8, 4) is 0 Å². The minimum Gasteiger partial charge on any atom is -0.480 e. The highest BCUT2D eigenvalue weighted by atomic mass is 16.4. The molecule has 0 bridgehead atoms. The van der Waals surface area contributed by atoms with Gasteiger partial charge in [0, 0.05) is 37.4 Å². The molecule has 1 fully saturated rings. The number of hydrogen-bond acceptors (Lipinski definition) is 4. The molecule has 0 unspecified atom stereocenters. The number of carboxylic acid groups (broad SMARTS) is 1. The van der Waals surface area contributed by atoms with Gasteiger partial charge in [0.05, 0.1) is 0 Å². The Morgan fingerprint density at radius 3 is 2.65 bits per heavy atom. The minimum absolute atomic E-state index is 0.682. The van der Waals surface area contributed by atoms with Crippen LogP contribution in [0.15, 0.2) is 24.3 Å². The van der Waals surface area contributed by atoms with Crippen LogP contribution in [-0.2, 0) is 4.79 Å². The maximum absolute atomic E-state index is 11.0. The first-order valence-corrected chi connectivity index (χ1v) is 5.73. The Hall–Kier alpha value is -1.59. The van der Waals surface area contributed by atoms with Gasteiger partial charge in [0.25, 0.3) is 0 Å². The Morgan fingerprint density at radius 2 is 2.00 bits per heavy atom. The molecule has 0 aliphatic carbocycles. The molecular weight excluding hydrogens is 218 g/mol. The summed E-state index contributed by atoms with van der Waals surface area (Å²) in [6.07, 6.45) is 0.